The molecule has 0 aliphatic carbocycles. The number of rotatable bonds is 0. The van der Waals surface area contributed by atoms with Crippen molar-refractivity contribution in [1.29, 1.82) is 0 Å². The first-order chi connectivity index (χ1) is 3.15. The van der Waals surface area contributed by atoms with Gasteiger partial charge in [-0.2, -0.15) is 4.21 Å². The van der Waals surface area contributed by atoms with Crippen LogP contribution in [-0.2, 0) is 11.4 Å². The van der Waals surface area contributed by atoms with Crippen LogP contribution in [0.15, 0.2) is 0 Å². The molecule has 0 amide bonds. The van der Waals surface area contributed by atoms with Crippen LogP contribution in [0.5, 0.6) is 0 Å². The summed E-state index contributed by atoms with van der Waals surface area (Å²) in [6.07, 6.45) is 1.25. The van der Waals surface area contributed by atoms with Crippen LogP contribution in [0.4, 0.5) is 0 Å². The largest absolute Gasteiger partial charge is 0.299 e. The summed E-state index contributed by atoms with van der Waals surface area (Å²) in [6, 6.07) is 0. The van der Waals surface area contributed by atoms with Crippen molar-refractivity contribution in [3.63, 3.8) is 0 Å². The van der Waals surface area contributed by atoms with Crippen molar-refractivity contribution in [2.75, 3.05) is 0 Å². The fourth-order valence-electron chi connectivity index (χ4n) is 0. The number of hydrogen-bond acceptors (Lipinski definition) is 1. The maximum absolute atomic E-state index is 8.67. The summed E-state index contributed by atoms with van der Waals surface area (Å²) in [5.74, 6) is 0. The van der Waals surface area contributed by atoms with E-state index in [2.05, 4.69) is 13.8 Å². The minimum absolute atomic E-state index is 1.25. The molecule has 3 nitrogen and oxygen atoms in total. The predicted octanol–water partition coefficient (Wildman–Crippen LogP) is 1.10. The van der Waals surface area contributed by atoms with Crippen molar-refractivity contribution in [2.45, 2.75) is 20.3 Å². The van der Waals surface area contributed by atoms with Crippen LogP contribution in [0.1, 0.15) is 20.3 Å². The monoisotopic (exact) mass is 126 g/mol. The molecule has 0 aromatic heterocycles. The van der Waals surface area contributed by atoms with Gasteiger partial charge in [0.2, 0.25) is 0 Å². The molecule has 0 aromatic carbocycles. The average Bonchev–Trinajstić information content (AvgIpc) is 1.33. The molecule has 0 bridgehead atoms. The van der Waals surface area contributed by atoms with Crippen molar-refractivity contribution in [3.8, 4) is 0 Å². The molecule has 7 heavy (non-hydrogen) atoms. The first-order valence-electron chi connectivity index (χ1n) is 1.95. The van der Waals surface area contributed by atoms with E-state index in [1.165, 1.54) is 6.42 Å². The van der Waals surface area contributed by atoms with Crippen molar-refractivity contribution >= 4 is 11.4 Å². The second-order valence-corrected chi connectivity index (χ2v) is 1.40. The van der Waals surface area contributed by atoms with Crippen molar-refractivity contribution < 1.29 is 13.3 Å². The summed E-state index contributed by atoms with van der Waals surface area (Å²) in [7, 11) is 0. The van der Waals surface area contributed by atoms with Gasteiger partial charge in [0.15, 0.2) is 0 Å². The number of hydrogen-bond donors (Lipinski definition) is 2. The van der Waals surface area contributed by atoms with Gasteiger partial charge in [-0.1, -0.05) is 20.3 Å². The van der Waals surface area contributed by atoms with Gasteiger partial charge in [-0.05, 0) is 0 Å². The highest BCUT2D eigenvalue weighted by Crippen LogP contribution is 1.56. The molecule has 0 aliphatic rings. The molecule has 2 N–H and O–H groups in total. The maximum Gasteiger partial charge on any atom is 0.299 e. The Balaban J connectivity index is 0. The maximum atomic E-state index is 8.67. The summed E-state index contributed by atoms with van der Waals surface area (Å²) in [5, 5.41) is 0. The van der Waals surface area contributed by atoms with Crippen LogP contribution >= 0.6 is 0 Å². The van der Waals surface area contributed by atoms with E-state index in [0.29, 0.717) is 0 Å². The van der Waals surface area contributed by atoms with Crippen LogP contribution in [0, 0.1) is 0 Å². The quantitative estimate of drug-likeness (QED) is 0.478. The third kappa shape index (κ3) is 20500. The van der Waals surface area contributed by atoms with E-state index in [-0.39, 0.29) is 0 Å². The zero-order chi connectivity index (χ0) is 6.28. The van der Waals surface area contributed by atoms with E-state index < -0.39 is 11.4 Å². The first kappa shape index (κ1) is 10.1. The average molecular weight is 126 g/mol. The normalized spacial score (nSPS) is 7.57. The van der Waals surface area contributed by atoms with E-state index in [1.54, 1.807) is 0 Å². The molecule has 0 spiro atoms. The van der Waals surface area contributed by atoms with E-state index in [4.69, 9.17) is 13.3 Å². The van der Waals surface area contributed by atoms with Gasteiger partial charge < -0.3 is 0 Å². The highest BCUT2D eigenvalue weighted by Gasteiger charge is 1.62. The second-order valence-electron chi connectivity index (χ2n) is 0.938. The van der Waals surface area contributed by atoms with Gasteiger partial charge in [0.25, 0.3) is 11.4 Å². The van der Waals surface area contributed by atoms with Gasteiger partial charge in [0.1, 0.15) is 0 Å². The lowest BCUT2D eigenvalue weighted by molar-refractivity contribution is 0.454. The van der Waals surface area contributed by atoms with Crippen molar-refractivity contribution in [1.82, 2.24) is 0 Å². The Morgan fingerprint density at radius 3 is 1.43 bits per heavy atom. The molecule has 0 unspecified atom stereocenters. The standard InChI is InChI=1S/C3H8.H2O3S/c1-3-2;1-4(2)3/h3H2,1-2H3;(H2,1,2,3). The van der Waals surface area contributed by atoms with E-state index in [9.17, 15) is 0 Å². The first-order valence-corrected chi connectivity index (χ1v) is 3.01. The minimum Gasteiger partial charge on any atom is -0.284 e. The fourth-order valence-corrected chi connectivity index (χ4v) is 0. The van der Waals surface area contributed by atoms with Crippen molar-refractivity contribution in [2.24, 2.45) is 0 Å². The van der Waals surface area contributed by atoms with Gasteiger partial charge in [-0.3, -0.25) is 9.11 Å². The molecule has 0 aliphatic heterocycles. The third-order valence-corrected chi connectivity index (χ3v) is 0. The van der Waals surface area contributed by atoms with Crippen LogP contribution in [0.25, 0.3) is 0 Å². The molecule has 0 saturated carbocycles. The van der Waals surface area contributed by atoms with E-state index in [0.717, 1.165) is 0 Å². The fraction of sp³-hybridized carbons (Fsp3) is 1.00. The molecule has 0 aromatic rings. The zero-order valence-corrected chi connectivity index (χ0v) is 5.23. The third-order valence-electron chi connectivity index (χ3n) is 0. The minimum atomic E-state index is -2.61. The van der Waals surface area contributed by atoms with Gasteiger partial charge >= 0.3 is 0 Å². The molecule has 0 rings (SSSR count). The lowest BCUT2D eigenvalue weighted by Gasteiger charge is -1.59. The Bertz CT molecular complexity index is 41.4. The molecule has 0 saturated heterocycles. The summed E-state index contributed by atoms with van der Waals surface area (Å²) in [4.78, 5) is 0. The Kier molecular flexibility index (Phi) is 13.6. The highest BCUT2D eigenvalue weighted by molar-refractivity contribution is 7.73. The lowest BCUT2D eigenvalue weighted by atomic mass is 10.6. The summed E-state index contributed by atoms with van der Waals surface area (Å²) in [5.41, 5.74) is 0. The lowest BCUT2D eigenvalue weighted by Crippen LogP contribution is -1.74. The molecular formula is C3H10O3S. The van der Waals surface area contributed by atoms with Crippen LogP contribution in [0.2, 0.25) is 0 Å². The van der Waals surface area contributed by atoms with E-state index in [1.807, 2.05) is 0 Å². The van der Waals surface area contributed by atoms with Gasteiger partial charge in [0.05, 0.1) is 0 Å². The van der Waals surface area contributed by atoms with Crippen molar-refractivity contribution in [3.05, 3.63) is 0 Å². The molecular weight excluding hydrogens is 116 g/mol. The molecule has 4 heteroatoms. The Hall–Kier alpha value is 0.0700. The van der Waals surface area contributed by atoms with Gasteiger partial charge in [-0.25, -0.2) is 0 Å². The highest BCUT2D eigenvalue weighted by atomic mass is 32.2. The van der Waals surface area contributed by atoms with Crippen LogP contribution in [0.3, 0.4) is 0 Å². The van der Waals surface area contributed by atoms with Crippen LogP contribution < -0.4 is 0 Å². The molecule has 0 radical (unpaired) electrons. The molecule has 0 heterocycles. The molecule has 0 atom stereocenters. The Morgan fingerprint density at radius 1 is 1.43 bits per heavy atom. The smallest absolute Gasteiger partial charge is 0.284 e. The summed E-state index contributed by atoms with van der Waals surface area (Å²) in [6.45, 7) is 4.25. The summed E-state index contributed by atoms with van der Waals surface area (Å²) < 4.78 is 22.8. The predicted molar refractivity (Wildman–Crippen MR) is 29.4 cm³/mol. The molecule has 46 valence electrons. The van der Waals surface area contributed by atoms with Crippen LogP contribution in [-0.4, -0.2) is 13.3 Å². The summed E-state index contributed by atoms with van der Waals surface area (Å²) >= 11 is -2.61. The Morgan fingerprint density at radius 2 is 1.43 bits per heavy atom. The SMILES string of the molecule is CCC.O=S(O)O. The second kappa shape index (κ2) is 9.42. The van der Waals surface area contributed by atoms with E-state index >= 15 is 0 Å². The zero-order valence-electron chi connectivity index (χ0n) is 4.42. The van der Waals surface area contributed by atoms with Gasteiger partial charge in [-0.15, -0.1) is 0 Å². The van der Waals surface area contributed by atoms with Gasteiger partial charge in [0, 0.05) is 0 Å². The topological polar surface area (TPSA) is 57.5 Å². The Labute approximate surface area is 45.9 Å². The molecule has 0 fully saturated rings.